The molecule has 0 aliphatic heterocycles. The molecule has 1 aromatic carbocycles. The quantitative estimate of drug-likeness (QED) is 0.349. The van der Waals surface area contributed by atoms with E-state index >= 15 is 4.39 Å². The third-order valence-electron chi connectivity index (χ3n) is 5.63. The summed E-state index contributed by atoms with van der Waals surface area (Å²) in [5.41, 5.74) is 5.97. The number of fused-ring (bicyclic) bond motifs is 2. The number of H-pyrrole nitrogens is 2. The summed E-state index contributed by atoms with van der Waals surface area (Å²) in [5, 5.41) is 9.87. The van der Waals surface area contributed by atoms with E-state index in [2.05, 4.69) is 30.0 Å². The van der Waals surface area contributed by atoms with Crippen LogP contribution >= 0.6 is 11.3 Å². The molecule has 0 saturated carbocycles. The third kappa shape index (κ3) is 3.55. The molecule has 0 atom stereocenters. The molecule has 6 aromatic rings. The number of nitrogens with zero attached hydrogens (tertiary/aromatic N) is 5. The van der Waals surface area contributed by atoms with Gasteiger partial charge in [-0.3, -0.25) is 15.1 Å². The monoisotopic (exact) mass is 469 g/mol. The van der Waals surface area contributed by atoms with E-state index in [1.807, 2.05) is 56.0 Å². The third-order valence-corrected chi connectivity index (χ3v) is 6.51. The minimum absolute atomic E-state index is 0.271. The molecule has 0 unspecified atom stereocenters. The lowest BCUT2D eigenvalue weighted by Gasteiger charge is -2.10. The fraction of sp³-hybridized carbons (Fsp3) is 0.120. The number of imidazole rings is 1. The molecule has 168 valence electrons. The van der Waals surface area contributed by atoms with Gasteiger partial charge in [-0.15, -0.1) is 11.3 Å². The highest BCUT2D eigenvalue weighted by molar-refractivity contribution is 7.13. The average Bonchev–Trinajstić information content (AvgIpc) is 3.57. The van der Waals surface area contributed by atoms with Gasteiger partial charge in [-0.1, -0.05) is 6.07 Å². The van der Waals surface area contributed by atoms with Crippen molar-refractivity contribution in [3.63, 3.8) is 0 Å². The standard InChI is InChI=1S/C25H20FN7S/c1-33(2)13-14-8-16(12-27-11-14)15-9-17-21(18(26)10-15)31-32-22(17)25-29-19-5-6-28-24(23(19)30-25)20-4-3-7-34-20/h3-12H,13H2,1-2H3,(H,29,30)(H,31,32). The Hall–Kier alpha value is -3.95. The minimum atomic E-state index is -0.398. The molecule has 0 amide bonds. The summed E-state index contributed by atoms with van der Waals surface area (Å²) in [6.07, 6.45) is 5.34. The highest BCUT2D eigenvalue weighted by Crippen LogP contribution is 2.34. The number of thiophene rings is 1. The number of hydrogen-bond donors (Lipinski definition) is 2. The largest absolute Gasteiger partial charge is 0.337 e. The molecule has 0 spiro atoms. The van der Waals surface area contributed by atoms with E-state index in [0.717, 1.165) is 44.8 Å². The summed E-state index contributed by atoms with van der Waals surface area (Å²) < 4.78 is 15.1. The SMILES string of the molecule is CN(C)Cc1cncc(-c2cc(F)c3n[nH]c(-c4nc5c(-c6cccs6)nccc5[nH]4)c3c2)c1. The molecule has 2 N–H and O–H groups in total. The second-order valence-electron chi connectivity index (χ2n) is 8.39. The second kappa shape index (κ2) is 8.12. The Balaban J connectivity index is 1.49. The Morgan fingerprint density at radius 2 is 1.97 bits per heavy atom. The summed E-state index contributed by atoms with van der Waals surface area (Å²) in [6.45, 7) is 0.752. The van der Waals surface area contributed by atoms with Crippen LogP contribution in [-0.4, -0.2) is 49.1 Å². The Morgan fingerprint density at radius 3 is 2.79 bits per heavy atom. The van der Waals surface area contributed by atoms with Gasteiger partial charge in [-0.05, 0) is 60.9 Å². The normalized spacial score (nSPS) is 11.8. The predicted molar refractivity (Wildman–Crippen MR) is 133 cm³/mol. The molecular formula is C25H20FN7S. The van der Waals surface area contributed by atoms with Crippen molar-refractivity contribution in [3.05, 3.63) is 71.7 Å². The zero-order chi connectivity index (χ0) is 23.2. The molecular weight excluding hydrogens is 449 g/mol. The Labute approximate surface area is 198 Å². The maximum absolute atomic E-state index is 15.1. The topological polar surface area (TPSA) is 86.4 Å². The van der Waals surface area contributed by atoms with Crippen LogP contribution in [-0.2, 0) is 6.54 Å². The number of aromatic amines is 2. The predicted octanol–water partition coefficient (Wildman–Crippen LogP) is 5.49. The van der Waals surface area contributed by atoms with Crippen LogP contribution in [0.15, 0.2) is 60.4 Å². The van der Waals surface area contributed by atoms with E-state index in [1.54, 1.807) is 23.7 Å². The molecule has 0 saturated heterocycles. The van der Waals surface area contributed by atoms with Crippen LogP contribution in [0.2, 0.25) is 0 Å². The Morgan fingerprint density at radius 1 is 1.06 bits per heavy atom. The van der Waals surface area contributed by atoms with Crippen molar-refractivity contribution in [2.45, 2.75) is 6.54 Å². The van der Waals surface area contributed by atoms with Gasteiger partial charge in [0.05, 0.1) is 10.4 Å². The van der Waals surface area contributed by atoms with Gasteiger partial charge in [0.2, 0.25) is 0 Å². The maximum atomic E-state index is 15.1. The lowest BCUT2D eigenvalue weighted by atomic mass is 10.0. The molecule has 5 aromatic heterocycles. The van der Waals surface area contributed by atoms with E-state index < -0.39 is 5.82 Å². The summed E-state index contributed by atoms with van der Waals surface area (Å²) >= 11 is 1.61. The number of pyridine rings is 2. The van der Waals surface area contributed by atoms with E-state index in [1.165, 1.54) is 6.07 Å². The van der Waals surface area contributed by atoms with Gasteiger partial charge >= 0.3 is 0 Å². The summed E-state index contributed by atoms with van der Waals surface area (Å²) in [6, 6.07) is 11.4. The van der Waals surface area contributed by atoms with E-state index in [4.69, 9.17) is 4.98 Å². The highest BCUT2D eigenvalue weighted by atomic mass is 32.1. The molecule has 34 heavy (non-hydrogen) atoms. The number of hydrogen-bond acceptors (Lipinski definition) is 6. The van der Waals surface area contributed by atoms with Crippen molar-refractivity contribution in [1.82, 2.24) is 35.0 Å². The molecule has 7 nitrogen and oxygen atoms in total. The van der Waals surface area contributed by atoms with Crippen LogP contribution in [0.3, 0.4) is 0 Å². The summed E-state index contributed by atoms with van der Waals surface area (Å²) in [4.78, 5) is 20.2. The molecule has 9 heteroatoms. The molecule has 0 radical (unpaired) electrons. The molecule has 0 aliphatic rings. The summed E-state index contributed by atoms with van der Waals surface area (Å²) in [7, 11) is 4.01. The highest BCUT2D eigenvalue weighted by Gasteiger charge is 2.18. The van der Waals surface area contributed by atoms with Gasteiger partial charge in [-0.2, -0.15) is 5.10 Å². The second-order valence-corrected chi connectivity index (χ2v) is 9.34. The van der Waals surface area contributed by atoms with Crippen LogP contribution in [0, 0.1) is 5.82 Å². The maximum Gasteiger partial charge on any atom is 0.157 e. The van der Waals surface area contributed by atoms with Gasteiger partial charge in [0.25, 0.3) is 0 Å². The van der Waals surface area contributed by atoms with Gasteiger partial charge in [0, 0.05) is 36.1 Å². The van der Waals surface area contributed by atoms with E-state index in [9.17, 15) is 0 Å². The van der Waals surface area contributed by atoms with Crippen molar-refractivity contribution in [2.24, 2.45) is 0 Å². The number of halogens is 1. The first-order chi connectivity index (χ1) is 16.6. The average molecular weight is 470 g/mol. The van der Waals surface area contributed by atoms with Crippen molar-refractivity contribution in [3.8, 4) is 33.2 Å². The summed E-state index contributed by atoms with van der Waals surface area (Å²) in [5.74, 6) is 0.185. The van der Waals surface area contributed by atoms with Crippen LogP contribution in [0.25, 0.3) is 55.2 Å². The fourth-order valence-electron chi connectivity index (χ4n) is 4.17. The smallest absolute Gasteiger partial charge is 0.157 e. The first kappa shape index (κ1) is 20.6. The van der Waals surface area contributed by atoms with Crippen LogP contribution < -0.4 is 0 Å². The van der Waals surface area contributed by atoms with Gasteiger partial charge in [-0.25, -0.2) is 9.37 Å². The molecule has 6 rings (SSSR count). The zero-order valence-electron chi connectivity index (χ0n) is 18.5. The number of rotatable bonds is 5. The lowest BCUT2D eigenvalue weighted by molar-refractivity contribution is 0.402. The fourth-order valence-corrected chi connectivity index (χ4v) is 4.89. The Bertz CT molecular complexity index is 1630. The molecule has 5 heterocycles. The first-order valence-corrected chi connectivity index (χ1v) is 11.6. The number of nitrogens with one attached hydrogen (secondary N) is 2. The van der Waals surface area contributed by atoms with Crippen molar-refractivity contribution in [2.75, 3.05) is 14.1 Å². The van der Waals surface area contributed by atoms with Crippen molar-refractivity contribution in [1.29, 1.82) is 0 Å². The van der Waals surface area contributed by atoms with Crippen molar-refractivity contribution >= 4 is 33.3 Å². The lowest BCUT2D eigenvalue weighted by Crippen LogP contribution is -2.10. The van der Waals surface area contributed by atoms with Crippen molar-refractivity contribution < 1.29 is 4.39 Å². The zero-order valence-corrected chi connectivity index (χ0v) is 19.3. The van der Waals surface area contributed by atoms with E-state index in [0.29, 0.717) is 16.9 Å². The molecule has 0 fully saturated rings. The van der Waals surface area contributed by atoms with Crippen LogP contribution in [0.4, 0.5) is 4.39 Å². The molecule has 0 aliphatic carbocycles. The van der Waals surface area contributed by atoms with E-state index in [-0.39, 0.29) is 5.52 Å². The van der Waals surface area contributed by atoms with Gasteiger partial charge < -0.3 is 9.88 Å². The minimum Gasteiger partial charge on any atom is -0.337 e. The van der Waals surface area contributed by atoms with Crippen LogP contribution in [0.5, 0.6) is 0 Å². The number of benzene rings is 1. The van der Waals surface area contributed by atoms with Gasteiger partial charge in [0.15, 0.2) is 11.6 Å². The number of aromatic nitrogens is 6. The molecule has 0 bridgehead atoms. The first-order valence-electron chi connectivity index (χ1n) is 10.7. The Kier molecular flexibility index (Phi) is 4.93. The van der Waals surface area contributed by atoms with Gasteiger partial charge in [0.1, 0.15) is 22.4 Å². The van der Waals surface area contributed by atoms with Crippen LogP contribution in [0.1, 0.15) is 5.56 Å².